The molecule has 0 saturated heterocycles. The van der Waals surface area contributed by atoms with Crippen LogP contribution in [0.4, 0.5) is 10.1 Å². The lowest BCUT2D eigenvalue weighted by Gasteiger charge is -2.18. The fourth-order valence-corrected chi connectivity index (χ4v) is 2.25. The molecule has 0 fully saturated rings. The SMILES string of the molecule is CCC(Nc1c(Cl)cc(F)cc1Br)C(=O)OC. The Labute approximate surface area is 112 Å². The number of anilines is 1. The van der Waals surface area contributed by atoms with E-state index in [-0.39, 0.29) is 11.0 Å². The predicted molar refractivity (Wildman–Crippen MR) is 68.8 cm³/mol. The highest BCUT2D eigenvalue weighted by atomic mass is 79.9. The Hall–Kier alpha value is -0.810. The highest BCUT2D eigenvalue weighted by Gasteiger charge is 2.19. The standard InChI is InChI=1S/C11H12BrClFNO2/c1-3-9(11(16)17-2)15-10-7(12)4-6(14)5-8(10)13/h4-5,9,15H,3H2,1-2H3. The Morgan fingerprint density at radius 3 is 2.76 bits per heavy atom. The van der Waals surface area contributed by atoms with Gasteiger partial charge in [-0.25, -0.2) is 9.18 Å². The summed E-state index contributed by atoms with van der Waals surface area (Å²) in [7, 11) is 1.31. The molecule has 1 aromatic rings. The molecule has 0 radical (unpaired) electrons. The Kier molecular flexibility index (Phi) is 5.21. The van der Waals surface area contributed by atoms with Crippen molar-refractivity contribution in [3.8, 4) is 0 Å². The van der Waals surface area contributed by atoms with Crippen LogP contribution in [-0.4, -0.2) is 19.1 Å². The fraction of sp³-hybridized carbons (Fsp3) is 0.364. The summed E-state index contributed by atoms with van der Waals surface area (Å²) in [6, 6.07) is 1.94. The third-order valence-corrected chi connectivity index (χ3v) is 3.14. The van der Waals surface area contributed by atoms with Crippen LogP contribution >= 0.6 is 27.5 Å². The number of benzene rings is 1. The van der Waals surface area contributed by atoms with E-state index >= 15 is 0 Å². The van der Waals surface area contributed by atoms with Crippen molar-refractivity contribution in [2.75, 3.05) is 12.4 Å². The van der Waals surface area contributed by atoms with Gasteiger partial charge in [-0.1, -0.05) is 18.5 Å². The van der Waals surface area contributed by atoms with Crippen molar-refractivity contribution < 1.29 is 13.9 Å². The zero-order valence-corrected chi connectivity index (χ0v) is 11.7. The Morgan fingerprint density at radius 2 is 2.29 bits per heavy atom. The summed E-state index contributed by atoms with van der Waals surface area (Å²) < 4.78 is 18.1. The van der Waals surface area contributed by atoms with Gasteiger partial charge < -0.3 is 10.1 Å². The van der Waals surface area contributed by atoms with Crippen molar-refractivity contribution in [1.82, 2.24) is 0 Å². The first-order valence-electron chi connectivity index (χ1n) is 4.98. The van der Waals surface area contributed by atoms with E-state index in [1.165, 1.54) is 19.2 Å². The van der Waals surface area contributed by atoms with Crippen molar-refractivity contribution in [3.05, 3.63) is 27.4 Å². The summed E-state index contributed by atoms with van der Waals surface area (Å²) in [4.78, 5) is 11.4. The van der Waals surface area contributed by atoms with Crippen LogP contribution in [0.1, 0.15) is 13.3 Å². The minimum atomic E-state index is -0.515. The maximum Gasteiger partial charge on any atom is 0.328 e. The van der Waals surface area contributed by atoms with Gasteiger partial charge in [0.2, 0.25) is 0 Å². The maximum atomic E-state index is 13.0. The normalized spacial score (nSPS) is 12.1. The van der Waals surface area contributed by atoms with Crippen molar-refractivity contribution in [3.63, 3.8) is 0 Å². The lowest BCUT2D eigenvalue weighted by molar-refractivity contribution is -0.141. The van der Waals surface area contributed by atoms with E-state index in [0.29, 0.717) is 16.6 Å². The van der Waals surface area contributed by atoms with Gasteiger partial charge in [0, 0.05) is 4.47 Å². The van der Waals surface area contributed by atoms with Crippen LogP contribution in [0.3, 0.4) is 0 Å². The Morgan fingerprint density at radius 1 is 1.65 bits per heavy atom. The van der Waals surface area contributed by atoms with Crippen LogP contribution in [-0.2, 0) is 9.53 Å². The average Bonchev–Trinajstić information content (AvgIpc) is 2.27. The smallest absolute Gasteiger partial charge is 0.328 e. The zero-order chi connectivity index (χ0) is 13.0. The molecule has 1 N–H and O–H groups in total. The molecule has 0 aliphatic rings. The van der Waals surface area contributed by atoms with Crippen LogP contribution in [0.25, 0.3) is 0 Å². The van der Waals surface area contributed by atoms with E-state index in [1.54, 1.807) is 0 Å². The molecule has 6 heteroatoms. The summed E-state index contributed by atoms with van der Waals surface area (Å²) in [6.45, 7) is 1.83. The molecule has 1 unspecified atom stereocenters. The molecule has 0 bridgehead atoms. The Bertz CT molecular complexity index is 405. The summed E-state index contributed by atoms with van der Waals surface area (Å²) in [6.07, 6.45) is 0.535. The fourth-order valence-electron chi connectivity index (χ4n) is 1.32. The third-order valence-electron chi connectivity index (χ3n) is 2.22. The molecular weight excluding hydrogens is 312 g/mol. The van der Waals surface area contributed by atoms with Gasteiger partial charge in [0.25, 0.3) is 0 Å². The van der Waals surface area contributed by atoms with Gasteiger partial charge in [-0.3, -0.25) is 0 Å². The first kappa shape index (κ1) is 14.3. The summed E-state index contributed by atoms with van der Waals surface area (Å²) in [5.74, 6) is -0.835. The molecule has 3 nitrogen and oxygen atoms in total. The number of hydrogen-bond acceptors (Lipinski definition) is 3. The second-order valence-corrected chi connectivity index (χ2v) is 4.63. The maximum absolute atomic E-state index is 13.0. The van der Waals surface area contributed by atoms with Crippen LogP contribution in [0.5, 0.6) is 0 Å². The van der Waals surface area contributed by atoms with E-state index in [1.807, 2.05) is 6.92 Å². The lowest BCUT2D eigenvalue weighted by Crippen LogP contribution is -2.30. The van der Waals surface area contributed by atoms with Crippen molar-refractivity contribution in [2.45, 2.75) is 19.4 Å². The molecule has 0 aromatic heterocycles. The molecule has 17 heavy (non-hydrogen) atoms. The highest BCUT2D eigenvalue weighted by molar-refractivity contribution is 9.10. The number of nitrogens with one attached hydrogen (secondary N) is 1. The number of hydrogen-bond donors (Lipinski definition) is 1. The van der Waals surface area contributed by atoms with Crippen molar-refractivity contribution >= 4 is 39.2 Å². The first-order valence-corrected chi connectivity index (χ1v) is 6.15. The minimum Gasteiger partial charge on any atom is -0.467 e. The molecule has 1 rings (SSSR count). The molecule has 94 valence electrons. The zero-order valence-electron chi connectivity index (χ0n) is 9.39. The molecule has 1 aromatic carbocycles. The number of methoxy groups -OCH3 is 1. The van der Waals surface area contributed by atoms with E-state index in [9.17, 15) is 9.18 Å². The van der Waals surface area contributed by atoms with Gasteiger partial charge in [-0.15, -0.1) is 0 Å². The van der Waals surface area contributed by atoms with Gasteiger partial charge in [0.15, 0.2) is 0 Å². The third kappa shape index (κ3) is 3.57. The van der Waals surface area contributed by atoms with Gasteiger partial charge >= 0.3 is 5.97 Å². The van der Waals surface area contributed by atoms with Gasteiger partial charge in [0.05, 0.1) is 17.8 Å². The van der Waals surface area contributed by atoms with Gasteiger partial charge in [0.1, 0.15) is 11.9 Å². The van der Waals surface area contributed by atoms with Gasteiger partial charge in [-0.05, 0) is 34.5 Å². The number of esters is 1. The van der Waals surface area contributed by atoms with Crippen LogP contribution in [0, 0.1) is 5.82 Å². The Balaban J connectivity index is 2.98. The molecule has 0 amide bonds. The number of rotatable bonds is 4. The number of carbonyl (C=O) groups is 1. The van der Waals surface area contributed by atoms with E-state index in [4.69, 9.17) is 11.6 Å². The number of ether oxygens (including phenoxy) is 1. The molecule has 1 atom stereocenters. The van der Waals surface area contributed by atoms with Gasteiger partial charge in [-0.2, -0.15) is 0 Å². The molecular formula is C11H12BrClFNO2. The second-order valence-electron chi connectivity index (χ2n) is 3.37. The molecule has 0 aliphatic heterocycles. The van der Waals surface area contributed by atoms with Crippen molar-refractivity contribution in [1.29, 1.82) is 0 Å². The summed E-state index contributed by atoms with van der Waals surface area (Å²) in [5, 5.41) is 3.13. The lowest BCUT2D eigenvalue weighted by atomic mass is 10.2. The number of halogens is 3. The molecule has 0 aliphatic carbocycles. The number of carbonyl (C=O) groups excluding carboxylic acids is 1. The second kappa shape index (κ2) is 6.21. The van der Waals surface area contributed by atoms with E-state index in [0.717, 1.165) is 0 Å². The molecule has 0 saturated carbocycles. The summed E-state index contributed by atoms with van der Waals surface area (Å²) in [5.41, 5.74) is 0.477. The largest absolute Gasteiger partial charge is 0.467 e. The topological polar surface area (TPSA) is 38.3 Å². The minimum absolute atomic E-state index is 0.208. The van der Waals surface area contributed by atoms with E-state index < -0.39 is 11.9 Å². The molecule has 0 spiro atoms. The molecule has 0 heterocycles. The first-order chi connectivity index (χ1) is 7.99. The predicted octanol–water partition coefficient (Wildman–Crippen LogP) is 3.61. The highest BCUT2D eigenvalue weighted by Crippen LogP contribution is 2.32. The van der Waals surface area contributed by atoms with Crippen LogP contribution in [0.2, 0.25) is 5.02 Å². The van der Waals surface area contributed by atoms with E-state index in [2.05, 4.69) is 26.0 Å². The van der Waals surface area contributed by atoms with Crippen molar-refractivity contribution in [2.24, 2.45) is 0 Å². The quantitative estimate of drug-likeness (QED) is 0.860. The summed E-state index contributed by atoms with van der Waals surface area (Å²) >= 11 is 9.09. The monoisotopic (exact) mass is 323 g/mol. The van der Waals surface area contributed by atoms with Crippen LogP contribution < -0.4 is 5.32 Å². The average molecular weight is 325 g/mol. The van der Waals surface area contributed by atoms with Crippen LogP contribution in [0.15, 0.2) is 16.6 Å².